The minimum Gasteiger partial charge on any atom is -0.462 e. The van der Waals surface area contributed by atoms with E-state index < -0.39 is 30.4 Å². The summed E-state index contributed by atoms with van der Waals surface area (Å²) in [5.41, 5.74) is 1.47. The second-order valence-corrected chi connectivity index (χ2v) is 8.68. The molecule has 0 spiro atoms. The molecule has 1 N–H and O–H groups in total. The molecule has 3 aromatic rings. The number of nitrogens with one attached hydrogen (secondary N) is 1. The molecular formula is C29H28N2O7. The minimum atomic E-state index is -0.695. The van der Waals surface area contributed by atoms with E-state index in [-0.39, 0.29) is 18.9 Å². The molecule has 38 heavy (non-hydrogen) atoms. The first-order valence-electron chi connectivity index (χ1n) is 12.3. The van der Waals surface area contributed by atoms with Crippen molar-refractivity contribution in [1.29, 1.82) is 0 Å². The van der Waals surface area contributed by atoms with Gasteiger partial charge in [0.2, 0.25) is 5.91 Å². The Hall–Kier alpha value is -4.66. The molecule has 1 aliphatic rings. The lowest BCUT2D eigenvalue weighted by Gasteiger charge is -2.17. The summed E-state index contributed by atoms with van der Waals surface area (Å²) < 4.78 is 16.0. The molecule has 196 valence electrons. The second-order valence-electron chi connectivity index (χ2n) is 8.68. The summed E-state index contributed by atoms with van der Waals surface area (Å²) in [4.78, 5) is 50.7. The highest BCUT2D eigenvalue weighted by atomic mass is 16.5. The Balaban J connectivity index is 1.23. The summed E-state index contributed by atoms with van der Waals surface area (Å²) >= 11 is 0. The molecular weight excluding hydrogens is 488 g/mol. The largest absolute Gasteiger partial charge is 0.462 e. The molecule has 1 fully saturated rings. The highest BCUT2D eigenvalue weighted by Crippen LogP contribution is 2.27. The van der Waals surface area contributed by atoms with Gasteiger partial charge in [0.25, 0.3) is 5.91 Å². The van der Waals surface area contributed by atoms with E-state index in [9.17, 15) is 19.2 Å². The SMILES string of the molecule is CCCOC(=O)c1ccc(N2C[C@H](C(=O)OCC(=O)Nc3ccc(Oc4ccccc4)cc3)CC2=O)cc1. The number of ether oxygens (including phenoxy) is 3. The van der Waals surface area contributed by atoms with Gasteiger partial charge in [0.15, 0.2) is 6.61 Å². The van der Waals surface area contributed by atoms with Crippen molar-refractivity contribution in [3.05, 3.63) is 84.4 Å². The van der Waals surface area contributed by atoms with Crippen LogP contribution in [0.2, 0.25) is 0 Å². The van der Waals surface area contributed by atoms with Crippen molar-refractivity contribution in [3.8, 4) is 11.5 Å². The molecule has 0 aliphatic carbocycles. The maximum atomic E-state index is 12.5. The average molecular weight is 517 g/mol. The molecule has 0 bridgehead atoms. The van der Waals surface area contributed by atoms with Crippen LogP contribution in [-0.2, 0) is 23.9 Å². The Morgan fingerprint density at radius 1 is 0.895 bits per heavy atom. The maximum absolute atomic E-state index is 12.5. The summed E-state index contributed by atoms with van der Waals surface area (Å²) in [6.07, 6.45) is 0.701. The van der Waals surface area contributed by atoms with E-state index in [2.05, 4.69) is 5.32 Å². The van der Waals surface area contributed by atoms with Crippen LogP contribution in [0.5, 0.6) is 11.5 Å². The third-order valence-corrected chi connectivity index (χ3v) is 5.77. The Labute approximate surface area is 220 Å². The van der Waals surface area contributed by atoms with E-state index in [0.717, 1.165) is 6.42 Å². The summed E-state index contributed by atoms with van der Waals surface area (Å²) in [5, 5.41) is 2.66. The number of hydrogen-bond acceptors (Lipinski definition) is 7. The number of carbonyl (C=O) groups excluding carboxylic acids is 4. The Morgan fingerprint density at radius 2 is 1.58 bits per heavy atom. The summed E-state index contributed by atoms with van der Waals surface area (Å²) in [5.74, 6) is -1.17. The lowest BCUT2D eigenvalue weighted by Crippen LogP contribution is -2.28. The van der Waals surface area contributed by atoms with Crippen LogP contribution in [-0.4, -0.2) is 43.5 Å². The van der Waals surface area contributed by atoms with Crippen LogP contribution in [0.1, 0.15) is 30.1 Å². The van der Waals surface area contributed by atoms with Gasteiger partial charge in [0, 0.05) is 24.3 Å². The normalized spacial score (nSPS) is 14.6. The number of rotatable bonds is 10. The number of amides is 2. The molecule has 0 radical (unpaired) electrons. The van der Waals surface area contributed by atoms with E-state index in [1.54, 1.807) is 48.5 Å². The number of anilines is 2. The van der Waals surface area contributed by atoms with Crippen LogP contribution in [0.4, 0.5) is 11.4 Å². The molecule has 3 aromatic carbocycles. The lowest BCUT2D eigenvalue weighted by molar-refractivity contribution is -0.151. The van der Waals surface area contributed by atoms with Crippen molar-refractivity contribution >= 4 is 35.1 Å². The van der Waals surface area contributed by atoms with Crippen LogP contribution < -0.4 is 15.0 Å². The van der Waals surface area contributed by atoms with Gasteiger partial charge in [-0.2, -0.15) is 0 Å². The first kappa shape index (κ1) is 26.4. The van der Waals surface area contributed by atoms with Crippen molar-refractivity contribution in [3.63, 3.8) is 0 Å². The predicted octanol–water partition coefficient (Wildman–Crippen LogP) is 4.58. The molecule has 0 saturated carbocycles. The van der Waals surface area contributed by atoms with Crippen molar-refractivity contribution in [1.82, 2.24) is 0 Å². The van der Waals surface area contributed by atoms with Gasteiger partial charge >= 0.3 is 11.9 Å². The highest BCUT2D eigenvalue weighted by Gasteiger charge is 2.36. The third-order valence-electron chi connectivity index (χ3n) is 5.77. The fourth-order valence-corrected chi connectivity index (χ4v) is 3.85. The Morgan fingerprint density at radius 3 is 2.26 bits per heavy atom. The van der Waals surface area contributed by atoms with Gasteiger partial charge in [0.1, 0.15) is 11.5 Å². The standard InChI is InChI=1S/C29H28N2O7/c1-2-16-36-28(34)20-8-12-23(13-9-20)31-18-21(17-27(31)33)29(35)37-19-26(32)30-22-10-14-25(15-11-22)38-24-6-4-3-5-7-24/h3-15,21H,2,16-19H2,1H3,(H,30,32)/t21-/m1/s1. The fourth-order valence-electron chi connectivity index (χ4n) is 3.85. The van der Waals surface area contributed by atoms with Crippen LogP contribution >= 0.6 is 0 Å². The lowest BCUT2D eigenvalue weighted by atomic mass is 10.1. The Bertz CT molecular complexity index is 1270. The zero-order chi connectivity index (χ0) is 26.9. The van der Waals surface area contributed by atoms with E-state index in [4.69, 9.17) is 14.2 Å². The van der Waals surface area contributed by atoms with E-state index in [1.165, 1.54) is 4.90 Å². The van der Waals surface area contributed by atoms with Crippen molar-refractivity contribution in [2.45, 2.75) is 19.8 Å². The number of nitrogens with zero attached hydrogens (tertiary/aromatic N) is 1. The van der Waals surface area contributed by atoms with Crippen molar-refractivity contribution < 1.29 is 33.4 Å². The first-order valence-corrected chi connectivity index (χ1v) is 12.3. The zero-order valence-electron chi connectivity index (χ0n) is 20.9. The van der Waals surface area contributed by atoms with Gasteiger partial charge in [-0.05, 0) is 67.1 Å². The van der Waals surface area contributed by atoms with Crippen molar-refractivity contribution in [2.24, 2.45) is 5.92 Å². The van der Waals surface area contributed by atoms with Gasteiger partial charge in [-0.3, -0.25) is 14.4 Å². The predicted molar refractivity (Wildman–Crippen MR) is 140 cm³/mol. The van der Waals surface area contributed by atoms with Crippen LogP contribution in [0, 0.1) is 5.92 Å². The van der Waals surface area contributed by atoms with Crippen LogP contribution in [0.25, 0.3) is 0 Å². The molecule has 0 aromatic heterocycles. The molecule has 1 aliphatic heterocycles. The van der Waals surface area contributed by atoms with Gasteiger partial charge in [-0.1, -0.05) is 25.1 Å². The van der Waals surface area contributed by atoms with Gasteiger partial charge in [-0.25, -0.2) is 4.79 Å². The fraction of sp³-hybridized carbons (Fsp3) is 0.241. The van der Waals surface area contributed by atoms with Gasteiger partial charge < -0.3 is 24.4 Å². The second kappa shape index (κ2) is 12.5. The van der Waals surface area contributed by atoms with Gasteiger partial charge in [-0.15, -0.1) is 0 Å². The quantitative estimate of drug-likeness (QED) is 0.393. The zero-order valence-corrected chi connectivity index (χ0v) is 20.9. The number of esters is 2. The Kier molecular flexibility index (Phi) is 8.71. The third kappa shape index (κ3) is 6.97. The molecule has 1 saturated heterocycles. The number of hydrogen-bond donors (Lipinski definition) is 1. The maximum Gasteiger partial charge on any atom is 0.338 e. The first-order chi connectivity index (χ1) is 18.4. The van der Waals surface area contributed by atoms with Crippen LogP contribution in [0.3, 0.4) is 0 Å². The summed E-state index contributed by atoms with van der Waals surface area (Å²) in [7, 11) is 0. The highest BCUT2D eigenvalue weighted by molar-refractivity contribution is 6.00. The molecule has 1 atom stereocenters. The number of para-hydroxylation sites is 1. The summed E-state index contributed by atoms with van der Waals surface area (Å²) in [6, 6.07) is 22.5. The average Bonchev–Trinajstić information content (AvgIpc) is 3.33. The summed E-state index contributed by atoms with van der Waals surface area (Å²) in [6.45, 7) is 1.90. The molecule has 9 nitrogen and oxygen atoms in total. The van der Waals surface area contributed by atoms with Gasteiger partial charge in [0.05, 0.1) is 18.1 Å². The van der Waals surface area contributed by atoms with Crippen LogP contribution in [0.15, 0.2) is 78.9 Å². The van der Waals surface area contributed by atoms with E-state index in [0.29, 0.717) is 35.0 Å². The van der Waals surface area contributed by atoms with Crippen molar-refractivity contribution in [2.75, 3.05) is 30.0 Å². The monoisotopic (exact) mass is 516 g/mol. The number of benzene rings is 3. The van der Waals surface area contributed by atoms with E-state index >= 15 is 0 Å². The molecule has 9 heteroatoms. The van der Waals surface area contributed by atoms with E-state index in [1.807, 2.05) is 37.3 Å². The molecule has 4 rings (SSSR count). The minimum absolute atomic E-state index is 0.0242. The molecule has 2 amide bonds. The topological polar surface area (TPSA) is 111 Å². The molecule has 1 heterocycles. The smallest absolute Gasteiger partial charge is 0.338 e. The number of carbonyl (C=O) groups is 4. The molecule has 0 unspecified atom stereocenters.